The van der Waals surface area contributed by atoms with Crippen molar-refractivity contribution in [3.63, 3.8) is 0 Å². The van der Waals surface area contributed by atoms with E-state index in [9.17, 15) is 4.79 Å². The third kappa shape index (κ3) is 3.44. The molecule has 0 aromatic carbocycles. The zero-order valence-electron chi connectivity index (χ0n) is 12.2. The van der Waals surface area contributed by atoms with Crippen LogP contribution in [0, 0.1) is 12.8 Å². The maximum absolute atomic E-state index is 11.4. The van der Waals surface area contributed by atoms with Gasteiger partial charge in [-0.2, -0.15) is 5.10 Å². The van der Waals surface area contributed by atoms with E-state index in [1.54, 1.807) is 6.92 Å². The summed E-state index contributed by atoms with van der Waals surface area (Å²) in [6.45, 7) is 9.88. The summed E-state index contributed by atoms with van der Waals surface area (Å²) in [5.41, 5.74) is 6.62. The van der Waals surface area contributed by atoms with Gasteiger partial charge < -0.3 is 0 Å². The van der Waals surface area contributed by atoms with Gasteiger partial charge in [0.05, 0.1) is 5.71 Å². The molecule has 2 rings (SSSR count). The molecule has 5 heteroatoms. The maximum atomic E-state index is 11.4. The molecular weight excluding hydrogens is 252 g/mol. The van der Waals surface area contributed by atoms with Crippen molar-refractivity contribution in [2.45, 2.75) is 33.6 Å². The zero-order valence-corrected chi connectivity index (χ0v) is 12.2. The Kier molecular flexibility index (Phi) is 4.17. The fourth-order valence-electron chi connectivity index (χ4n) is 2.18. The summed E-state index contributed by atoms with van der Waals surface area (Å²) in [7, 11) is 0. The zero-order chi connectivity index (χ0) is 14.7. The number of allylic oxidation sites excluding steroid dienone is 3. The van der Waals surface area contributed by atoms with Gasteiger partial charge in [0.2, 0.25) is 5.95 Å². The molecular formula is C15H20N4O. The predicted octanol–water partition coefficient (Wildman–Crippen LogP) is 2.78. The second-order valence-electron chi connectivity index (χ2n) is 5.28. The molecule has 0 unspecified atom stereocenters. The van der Waals surface area contributed by atoms with E-state index in [4.69, 9.17) is 0 Å². The van der Waals surface area contributed by atoms with Gasteiger partial charge in [0.1, 0.15) is 0 Å². The molecule has 1 aromatic rings. The van der Waals surface area contributed by atoms with E-state index in [1.165, 1.54) is 11.6 Å². The van der Waals surface area contributed by atoms with Crippen LogP contribution in [-0.2, 0) is 0 Å². The van der Waals surface area contributed by atoms with Crippen molar-refractivity contribution >= 4 is 11.7 Å². The Morgan fingerprint density at radius 1 is 1.55 bits per heavy atom. The summed E-state index contributed by atoms with van der Waals surface area (Å²) in [5.74, 6) is 0.802. The number of H-pyrrole nitrogens is 1. The monoisotopic (exact) mass is 272 g/mol. The first-order valence-electron chi connectivity index (χ1n) is 6.69. The lowest BCUT2D eigenvalue weighted by Crippen LogP contribution is -2.17. The fraction of sp³-hybridized carbons (Fsp3) is 0.400. The summed E-state index contributed by atoms with van der Waals surface area (Å²) >= 11 is 0. The summed E-state index contributed by atoms with van der Waals surface area (Å²) in [4.78, 5) is 18.2. The number of aromatic nitrogens is 2. The average molecular weight is 272 g/mol. The minimum atomic E-state index is -0.184. The normalized spacial score (nSPS) is 20.6. The van der Waals surface area contributed by atoms with E-state index in [2.05, 4.69) is 33.2 Å². The van der Waals surface area contributed by atoms with Crippen molar-refractivity contribution in [1.29, 1.82) is 0 Å². The van der Waals surface area contributed by atoms with Gasteiger partial charge in [-0.1, -0.05) is 18.2 Å². The van der Waals surface area contributed by atoms with E-state index in [0.29, 0.717) is 17.6 Å². The van der Waals surface area contributed by atoms with Gasteiger partial charge in [-0.05, 0) is 45.1 Å². The number of hydrogen-bond acceptors (Lipinski definition) is 4. The summed E-state index contributed by atoms with van der Waals surface area (Å²) in [6.07, 6.45) is 4.05. The smallest absolute Gasteiger partial charge is 0.252 e. The molecule has 106 valence electrons. The molecule has 1 aliphatic rings. The molecule has 1 heterocycles. The van der Waals surface area contributed by atoms with Crippen LogP contribution in [0.2, 0.25) is 0 Å². The average Bonchev–Trinajstić information content (AvgIpc) is 2.36. The van der Waals surface area contributed by atoms with E-state index in [0.717, 1.165) is 24.1 Å². The maximum Gasteiger partial charge on any atom is 0.252 e. The molecule has 0 aliphatic heterocycles. The van der Waals surface area contributed by atoms with Crippen LogP contribution < -0.4 is 11.0 Å². The Balaban J connectivity index is 2.17. The van der Waals surface area contributed by atoms with Gasteiger partial charge in [0.25, 0.3) is 5.56 Å². The number of nitrogens with one attached hydrogen (secondary N) is 2. The van der Waals surface area contributed by atoms with Gasteiger partial charge >= 0.3 is 0 Å². The van der Waals surface area contributed by atoms with Gasteiger partial charge in [-0.15, -0.1) is 0 Å². The lowest BCUT2D eigenvalue weighted by Gasteiger charge is -2.22. The quantitative estimate of drug-likeness (QED) is 0.656. The van der Waals surface area contributed by atoms with Crippen molar-refractivity contribution in [3.05, 3.63) is 45.9 Å². The summed E-state index contributed by atoms with van der Waals surface area (Å²) in [5, 5.41) is 4.37. The van der Waals surface area contributed by atoms with Crippen LogP contribution in [0.3, 0.4) is 0 Å². The molecule has 0 bridgehead atoms. The number of hydrazone groups is 1. The molecule has 0 amide bonds. The highest BCUT2D eigenvalue weighted by Crippen LogP contribution is 2.26. The Bertz CT molecular complexity index is 640. The first kappa shape index (κ1) is 14.2. The molecule has 1 atom stereocenters. The van der Waals surface area contributed by atoms with Gasteiger partial charge in [-0.25, -0.2) is 10.4 Å². The summed E-state index contributed by atoms with van der Waals surface area (Å²) < 4.78 is 0. The third-order valence-electron chi connectivity index (χ3n) is 3.47. The van der Waals surface area contributed by atoms with Crippen LogP contribution in [0.4, 0.5) is 5.95 Å². The second kappa shape index (κ2) is 5.86. The van der Waals surface area contributed by atoms with Crippen molar-refractivity contribution < 1.29 is 0 Å². The third-order valence-corrected chi connectivity index (χ3v) is 3.47. The Hall–Kier alpha value is -2.17. The van der Waals surface area contributed by atoms with Gasteiger partial charge in [0.15, 0.2) is 0 Å². The topological polar surface area (TPSA) is 70.1 Å². The highest BCUT2D eigenvalue weighted by Gasteiger charge is 2.18. The number of aromatic amines is 1. The van der Waals surface area contributed by atoms with E-state index >= 15 is 0 Å². The van der Waals surface area contributed by atoms with Crippen LogP contribution in [0.25, 0.3) is 0 Å². The molecule has 2 N–H and O–H groups in total. The van der Waals surface area contributed by atoms with E-state index < -0.39 is 0 Å². The lowest BCUT2D eigenvalue weighted by molar-refractivity contribution is 0.639. The molecule has 1 aliphatic carbocycles. The number of hydrogen-bond donors (Lipinski definition) is 2. The first-order valence-corrected chi connectivity index (χ1v) is 6.69. The second-order valence-corrected chi connectivity index (χ2v) is 5.28. The van der Waals surface area contributed by atoms with Crippen molar-refractivity contribution in [2.75, 3.05) is 5.43 Å². The van der Waals surface area contributed by atoms with Crippen molar-refractivity contribution in [3.8, 4) is 0 Å². The van der Waals surface area contributed by atoms with Crippen LogP contribution in [0.1, 0.15) is 32.4 Å². The van der Waals surface area contributed by atoms with Crippen molar-refractivity contribution in [1.82, 2.24) is 9.97 Å². The molecule has 0 spiro atoms. The molecule has 0 radical (unpaired) electrons. The number of nitrogens with zero attached hydrogens (tertiary/aromatic N) is 2. The molecule has 0 saturated heterocycles. The lowest BCUT2D eigenvalue weighted by atomic mass is 9.85. The number of aryl methyl sites for hydroxylation is 1. The molecule has 0 fully saturated rings. The first-order chi connectivity index (χ1) is 9.45. The predicted molar refractivity (Wildman–Crippen MR) is 81.9 cm³/mol. The standard InChI is InChI=1S/C15H20N4O/c1-9(2)12-6-5-10(3)13(8-12)18-19-15-16-11(4)7-14(20)17-15/h5,7,12H,1,6,8H2,2-4H3,(H2,16,17,19,20)/t12-/m0/s1. The molecule has 5 nitrogen and oxygen atoms in total. The fourth-order valence-corrected chi connectivity index (χ4v) is 2.18. The Labute approximate surface area is 118 Å². The SMILES string of the molecule is C=C(C)[C@H]1CC=C(C)C(=NNc2nc(C)cc(=O)[nH]2)C1. The van der Waals surface area contributed by atoms with Crippen LogP contribution in [0.5, 0.6) is 0 Å². The van der Waals surface area contributed by atoms with Crippen LogP contribution >= 0.6 is 0 Å². The Morgan fingerprint density at radius 2 is 2.30 bits per heavy atom. The molecule has 0 saturated carbocycles. The summed E-state index contributed by atoms with van der Waals surface area (Å²) in [6, 6.07) is 1.45. The van der Waals surface area contributed by atoms with Gasteiger partial charge in [-0.3, -0.25) is 9.78 Å². The van der Waals surface area contributed by atoms with E-state index in [1.807, 2.05) is 13.8 Å². The van der Waals surface area contributed by atoms with Crippen LogP contribution in [0.15, 0.2) is 39.8 Å². The van der Waals surface area contributed by atoms with E-state index in [-0.39, 0.29) is 5.56 Å². The van der Waals surface area contributed by atoms with Crippen LogP contribution in [-0.4, -0.2) is 15.7 Å². The highest BCUT2D eigenvalue weighted by molar-refractivity contribution is 6.01. The van der Waals surface area contributed by atoms with Crippen molar-refractivity contribution in [2.24, 2.45) is 11.0 Å². The van der Waals surface area contributed by atoms with Gasteiger partial charge in [0, 0.05) is 11.8 Å². The molecule has 1 aromatic heterocycles. The minimum Gasteiger partial charge on any atom is -0.291 e. The number of rotatable bonds is 3. The Morgan fingerprint density at radius 3 is 2.95 bits per heavy atom. The largest absolute Gasteiger partial charge is 0.291 e. The highest BCUT2D eigenvalue weighted by atomic mass is 16.1. The minimum absolute atomic E-state index is 0.184. The molecule has 20 heavy (non-hydrogen) atoms. The number of anilines is 1.